The number of benzene rings is 1. The normalized spacial score (nSPS) is 10.6. The summed E-state index contributed by atoms with van der Waals surface area (Å²) in [6.07, 6.45) is 0. The van der Waals surface area contributed by atoms with Gasteiger partial charge in [0.1, 0.15) is 10.3 Å². The van der Waals surface area contributed by atoms with Crippen molar-refractivity contribution in [2.75, 3.05) is 5.73 Å². The lowest BCUT2D eigenvalue weighted by atomic mass is 10.2. The molecule has 2 N–H and O–H groups in total. The predicted octanol–water partition coefficient (Wildman–Crippen LogP) is 3.59. The third-order valence-electron chi connectivity index (χ3n) is 1.78. The number of halogens is 3. The number of hydrogen-bond donors (Lipinski definition) is 1. The van der Waals surface area contributed by atoms with Gasteiger partial charge in [-0.1, -0.05) is 21.1 Å². The molecular formula is C9H5Br2FN2O. The second-order valence-corrected chi connectivity index (χ2v) is 4.58. The Balaban J connectivity index is 2.58. The van der Waals surface area contributed by atoms with Gasteiger partial charge < -0.3 is 10.3 Å². The second-order valence-electron chi connectivity index (χ2n) is 2.87. The lowest BCUT2D eigenvalue weighted by molar-refractivity contribution is 0.435. The summed E-state index contributed by atoms with van der Waals surface area (Å²) in [5, 5.41) is 3.57. The lowest BCUT2D eigenvalue weighted by Gasteiger charge is -1.98. The maximum absolute atomic E-state index is 13.1. The topological polar surface area (TPSA) is 52.0 Å². The maximum atomic E-state index is 13.1. The molecule has 3 nitrogen and oxygen atoms in total. The van der Waals surface area contributed by atoms with E-state index in [0.717, 1.165) is 0 Å². The highest BCUT2D eigenvalue weighted by Crippen LogP contribution is 2.34. The highest BCUT2D eigenvalue weighted by Gasteiger charge is 2.14. The van der Waals surface area contributed by atoms with E-state index in [1.807, 2.05) is 0 Å². The molecule has 0 amide bonds. The minimum atomic E-state index is -0.360. The second kappa shape index (κ2) is 3.94. The van der Waals surface area contributed by atoms with Gasteiger partial charge in [-0.3, -0.25) is 0 Å². The van der Waals surface area contributed by atoms with E-state index in [9.17, 15) is 4.39 Å². The van der Waals surface area contributed by atoms with Crippen molar-refractivity contribution in [1.82, 2.24) is 5.16 Å². The zero-order valence-electron chi connectivity index (χ0n) is 7.30. The van der Waals surface area contributed by atoms with Gasteiger partial charge in [-0.2, -0.15) is 0 Å². The van der Waals surface area contributed by atoms with Crippen LogP contribution in [0.1, 0.15) is 0 Å². The van der Waals surface area contributed by atoms with Crippen LogP contribution in [0.3, 0.4) is 0 Å². The number of nitrogens with two attached hydrogens (primary N) is 1. The highest BCUT2D eigenvalue weighted by atomic mass is 79.9. The molecule has 0 radical (unpaired) electrons. The SMILES string of the molecule is Nc1noc(-c2cc(F)cc(Br)c2)c1Br. The molecule has 1 aromatic heterocycles. The van der Waals surface area contributed by atoms with Crippen molar-refractivity contribution in [3.63, 3.8) is 0 Å². The van der Waals surface area contributed by atoms with Crippen LogP contribution in [-0.2, 0) is 0 Å². The molecule has 15 heavy (non-hydrogen) atoms. The van der Waals surface area contributed by atoms with Crippen LogP contribution in [0.25, 0.3) is 11.3 Å². The number of anilines is 1. The summed E-state index contributed by atoms with van der Waals surface area (Å²) in [4.78, 5) is 0. The van der Waals surface area contributed by atoms with E-state index in [-0.39, 0.29) is 11.6 Å². The Morgan fingerprint density at radius 1 is 1.27 bits per heavy atom. The molecule has 0 aliphatic rings. The molecule has 1 heterocycles. The summed E-state index contributed by atoms with van der Waals surface area (Å²) in [5.41, 5.74) is 6.06. The number of aromatic nitrogens is 1. The van der Waals surface area contributed by atoms with Crippen molar-refractivity contribution < 1.29 is 8.91 Å². The van der Waals surface area contributed by atoms with Gasteiger partial charge in [0.05, 0.1) is 0 Å². The molecule has 2 aromatic rings. The molecule has 0 unspecified atom stereocenters. The van der Waals surface area contributed by atoms with Crippen molar-refractivity contribution >= 4 is 37.7 Å². The molecule has 0 fully saturated rings. The smallest absolute Gasteiger partial charge is 0.183 e. The van der Waals surface area contributed by atoms with E-state index in [1.165, 1.54) is 12.1 Å². The average molecular weight is 336 g/mol. The van der Waals surface area contributed by atoms with E-state index in [1.54, 1.807) is 6.07 Å². The molecule has 0 aliphatic heterocycles. The first-order chi connectivity index (χ1) is 7.08. The molecule has 0 aliphatic carbocycles. The largest absolute Gasteiger partial charge is 0.380 e. The molecule has 6 heteroatoms. The maximum Gasteiger partial charge on any atom is 0.183 e. The van der Waals surface area contributed by atoms with Crippen LogP contribution in [0.4, 0.5) is 10.2 Å². The van der Waals surface area contributed by atoms with Crippen molar-refractivity contribution in [1.29, 1.82) is 0 Å². The lowest BCUT2D eigenvalue weighted by Crippen LogP contribution is -1.84. The Morgan fingerprint density at radius 3 is 2.53 bits per heavy atom. The Labute approximate surface area is 102 Å². The van der Waals surface area contributed by atoms with Crippen LogP contribution in [0, 0.1) is 5.82 Å². The first-order valence-electron chi connectivity index (χ1n) is 3.95. The van der Waals surface area contributed by atoms with Crippen LogP contribution in [-0.4, -0.2) is 5.16 Å². The predicted molar refractivity (Wildman–Crippen MR) is 61.7 cm³/mol. The summed E-state index contributed by atoms with van der Waals surface area (Å²) in [6.45, 7) is 0. The average Bonchev–Trinajstić information content (AvgIpc) is 2.46. The van der Waals surface area contributed by atoms with Gasteiger partial charge in [0.2, 0.25) is 0 Å². The Bertz CT molecular complexity index is 493. The van der Waals surface area contributed by atoms with Crippen molar-refractivity contribution in [3.8, 4) is 11.3 Å². The first-order valence-corrected chi connectivity index (χ1v) is 5.53. The molecular weight excluding hydrogens is 331 g/mol. The summed E-state index contributed by atoms with van der Waals surface area (Å²) in [7, 11) is 0. The van der Waals surface area contributed by atoms with Crippen molar-refractivity contribution in [3.05, 3.63) is 33.0 Å². The fourth-order valence-corrected chi connectivity index (χ4v) is 1.99. The number of rotatable bonds is 1. The van der Waals surface area contributed by atoms with Gasteiger partial charge in [0.25, 0.3) is 0 Å². The van der Waals surface area contributed by atoms with E-state index in [2.05, 4.69) is 37.0 Å². The zero-order valence-corrected chi connectivity index (χ0v) is 10.5. The van der Waals surface area contributed by atoms with E-state index < -0.39 is 0 Å². The van der Waals surface area contributed by atoms with Crippen LogP contribution >= 0.6 is 31.9 Å². The van der Waals surface area contributed by atoms with Gasteiger partial charge >= 0.3 is 0 Å². The van der Waals surface area contributed by atoms with Gasteiger partial charge in [-0.05, 0) is 34.1 Å². The monoisotopic (exact) mass is 334 g/mol. The Hall–Kier alpha value is -0.880. The number of hydrogen-bond acceptors (Lipinski definition) is 3. The fraction of sp³-hybridized carbons (Fsp3) is 0. The van der Waals surface area contributed by atoms with Crippen molar-refractivity contribution in [2.45, 2.75) is 0 Å². The van der Waals surface area contributed by atoms with E-state index >= 15 is 0 Å². The van der Waals surface area contributed by atoms with E-state index in [0.29, 0.717) is 20.3 Å². The van der Waals surface area contributed by atoms with Gasteiger partial charge in [0.15, 0.2) is 11.6 Å². The quantitative estimate of drug-likeness (QED) is 0.866. The van der Waals surface area contributed by atoms with Crippen LogP contribution in [0.2, 0.25) is 0 Å². The summed E-state index contributed by atoms with van der Waals surface area (Å²) < 4.78 is 19.2. The standard InChI is InChI=1S/C9H5Br2FN2O/c10-5-1-4(2-6(12)3-5)8-7(11)9(13)14-15-8/h1-3H,(H2,13,14). The summed E-state index contributed by atoms with van der Waals surface area (Å²) >= 11 is 6.41. The molecule has 0 saturated heterocycles. The minimum Gasteiger partial charge on any atom is -0.380 e. The molecule has 0 saturated carbocycles. The van der Waals surface area contributed by atoms with Gasteiger partial charge in [0, 0.05) is 10.0 Å². The third kappa shape index (κ3) is 2.05. The molecule has 1 aromatic carbocycles. The molecule has 0 atom stereocenters. The molecule has 0 bridgehead atoms. The van der Waals surface area contributed by atoms with Crippen LogP contribution < -0.4 is 5.73 Å². The van der Waals surface area contributed by atoms with Gasteiger partial charge in [-0.15, -0.1) is 0 Å². The number of nitrogen functional groups attached to an aromatic ring is 1. The summed E-state index contributed by atoms with van der Waals surface area (Å²) in [5.74, 6) is 0.291. The number of nitrogens with zero attached hydrogens (tertiary/aromatic N) is 1. The van der Waals surface area contributed by atoms with Gasteiger partial charge in [-0.25, -0.2) is 4.39 Å². The highest BCUT2D eigenvalue weighted by molar-refractivity contribution is 9.11. The Morgan fingerprint density at radius 2 is 2.00 bits per heavy atom. The third-order valence-corrected chi connectivity index (χ3v) is 3.01. The zero-order chi connectivity index (χ0) is 11.0. The molecule has 2 rings (SSSR count). The van der Waals surface area contributed by atoms with Crippen LogP contribution in [0.15, 0.2) is 31.7 Å². The van der Waals surface area contributed by atoms with Crippen molar-refractivity contribution in [2.24, 2.45) is 0 Å². The van der Waals surface area contributed by atoms with Crippen LogP contribution in [0.5, 0.6) is 0 Å². The van der Waals surface area contributed by atoms with E-state index in [4.69, 9.17) is 10.3 Å². The minimum absolute atomic E-state index is 0.241. The first kappa shape index (κ1) is 10.6. The molecule has 0 spiro atoms. The molecule has 78 valence electrons. The summed E-state index contributed by atoms with van der Waals surface area (Å²) in [6, 6.07) is 4.42. The Kier molecular flexibility index (Phi) is 2.79. The fourth-order valence-electron chi connectivity index (χ4n) is 1.16.